The van der Waals surface area contributed by atoms with Gasteiger partial charge in [-0.1, -0.05) is 16.8 Å². The van der Waals surface area contributed by atoms with E-state index >= 15 is 0 Å². The van der Waals surface area contributed by atoms with Crippen molar-refractivity contribution in [1.29, 1.82) is 0 Å². The first-order valence-corrected chi connectivity index (χ1v) is 5.32. The van der Waals surface area contributed by atoms with Crippen LogP contribution < -0.4 is 5.73 Å². The van der Waals surface area contributed by atoms with E-state index in [1.807, 2.05) is 6.92 Å². The summed E-state index contributed by atoms with van der Waals surface area (Å²) in [5.74, 6) is -0.429. The Morgan fingerprint density at radius 1 is 1.33 bits per heavy atom. The summed E-state index contributed by atoms with van der Waals surface area (Å²) < 4.78 is 13.7. The van der Waals surface area contributed by atoms with Gasteiger partial charge in [0.2, 0.25) is 0 Å². The van der Waals surface area contributed by atoms with Crippen LogP contribution in [0.1, 0.15) is 11.3 Å². The smallest absolute Gasteiger partial charge is 0.188 e. The van der Waals surface area contributed by atoms with Gasteiger partial charge in [-0.2, -0.15) is 0 Å². The average Bonchev–Trinajstić information content (AvgIpc) is 2.40. The summed E-state index contributed by atoms with van der Waals surface area (Å²) in [5, 5.41) is 11.5. The van der Waals surface area contributed by atoms with Crippen molar-refractivity contribution in [3.63, 3.8) is 0 Å². The fraction of sp³-hybridized carbons (Fsp3) is 0.0769. The Labute approximate surface area is 104 Å². The summed E-state index contributed by atoms with van der Waals surface area (Å²) in [6, 6.07) is 8.10. The van der Waals surface area contributed by atoms with Crippen LogP contribution in [0.2, 0.25) is 0 Å². The van der Waals surface area contributed by atoms with Gasteiger partial charge in [0, 0.05) is 11.8 Å². The highest BCUT2D eigenvalue weighted by molar-refractivity contribution is 5.96. The lowest BCUT2D eigenvalue weighted by Gasteiger charge is -2.06. The van der Waals surface area contributed by atoms with Crippen molar-refractivity contribution in [3.05, 3.63) is 53.6 Å². The van der Waals surface area contributed by atoms with Gasteiger partial charge in [0.25, 0.3) is 0 Å². The highest BCUT2D eigenvalue weighted by atomic mass is 19.1. The molecule has 0 aliphatic heterocycles. The van der Waals surface area contributed by atoms with Gasteiger partial charge in [-0.15, -0.1) is 0 Å². The Balaban J connectivity index is 2.54. The maximum absolute atomic E-state index is 13.7. The van der Waals surface area contributed by atoms with Crippen molar-refractivity contribution in [2.45, 2.75) is 6.92 Å². The zero-order valence-corrected chi connectivity index (χ0v) is 9.76. The van der Waals surface area contributed by atoms with Gasteiger partial charge >= 0.3 is 0 Å². The van der Waals surface area contributed by atoms with Crippen LogP contribution in [0.5, 0.6) is 0 Å². The van der Waals surface area contributed by atoms with Gasteiger partial charge < -0.3 is 10.9 Å². The quantitative estimate of drug-likeness (QED) is 0.369. The number of hydrogen-bond acceptors (Lipinski definition) is 3. The third kappa shape index (κ3) is 2.29. The summed E-state index contributed by atoms with van der Waals surface area (Å²) in [6.45, 7) is 1.88. The van der Waals surface area contributed by atoms with Crippen LogP contribution in [0, 0.1) is 12.7 Å². The lowest BCUT2D eigenvalue weighted by molar-refractivity contribution is 0.318. The Kier molecular flexibility index (Phi) is 3.23. The molecule has 1 aromatic heterocycles. The largest absolute Gasteiger partial charge is 0.409 e. The van der Waals surface area contributed by atoms with E-state index in [4.69, 9.17) is 10.9 Å². The van der Waals surface area contributed by atoms with Crippen molar-refractivity contribution in [2.24, 2.45) is 10.9 Å². The minimum Gasteiger partial charge on any atom is -0.409 e. The Morgan fingerprint density at radius 2 is 2.11 bits per heavy atom. The molecule has 0 unspecified atom stereocenters. The van der Waals surface area contributed by atoms with E-state index in [1.165, 1.54) is 12.3 Å². The van der Waals surface area contributed by atoms with Gasteiger partial charge in [0.1, 0.15) is 11.5 Å². The molecular weight excluding hydrogens is 233 g/mol. The summed E-state index contributed by atoms with van der Waals surface area (Å²) in [5.41, 5.74) is 7.80. The molecule has 0 aliphatic carbocycles. The second kappa shape index (κ2) is 4.83. The first-order chi connectivity index (χ1) is 8.61. The molecule has 0 bridgehead atoms. The number of pyridine rings is 1. The Morgan fingerprint density at radius 3 is 2.83 bits per heavy atom. The van der Waals surface area contributed by atoms with Gasteiger partial charge in [-0.25, -0.2) is 4.39 Å². The fourth-order valence-corrected chi connectivity index (χ4v) is 1.65. The molecule has 2 aromatic rings. The number of rotatable bonds is 2. The second-order valence-corrected chi connectivity index (χ2v) is 3.90. The number of halogens is 1. The molecule has 92 valence electrons. The molecule has 2 rings (SSSR count). The predicted octanol–water partition coefficient (Wildman–Crippen LogP) is 2.29. The van der Waals surface area contributed by atoms with E-state index in [1.54, 1.807) is 24.3 Å². The third-order valence-electron chi connectivity index (χ3n) is 2.56. The van der Waals surface area contributed by atoms with Gasteiger partial charge in [-0.3, -0.25) is 4.98 Å². The van der Waals surface area contributed by atoms with Crippen molar-refractivity contribution in [1.82, 2.24) is 4.98 Å². The van der Waals surface area contributed by atoms with E-state index in [2.05, 4.69) is 10.1 Å². The molecule has 3 N–H and O–H groups in total. The molecule has 1 heterocycles. The highest BCUT2D eigenvalue weighted by Gasteiger charge is 2.08. The standard InChI is InChI=1S/C13H12FN3O/c1-8-2-3-11(14)10(6-8)9-4-5-16-12(7-9)13(15)17-18/h2-7,18H,1H3,(H2,15,17). The molecular formula is C13H12FN3O. The average molecular weight is 245 g/mol. The van der Waals surface area contributed by atoms with E-state index in [-0.39, 0.29) is 11.7 Å². The third-order valence-corrected chi connectivity index (χ3v) is 2.56. The topological polar surface area (TPSA) is 71.5 Å². The Bertz CT molecular complexity index is 611. The molecule has 0 saturated heterocycles. The SMILES string of the molecule is Cc1ccc(F)c(-c2ccnc(/C(N)=N\O)c2)c1. The van der Waals surface area contributed by atoms with Gasteiger partial charge in [0.15, 0.2) is 5.84 Å². The minimum atomic E-state index is -0.322. The summed E-state index contributed by atoms with van der Waals surface area (Å²) in [7, 11) is 0. The van der Waals surface area contributed by atoms with Gasteiger partial charge in [0.05, 0.1) is 0 Å². The lowest BCUT2D eigenvalue weighted by atomic mass is 10.0. The zero-order chi connectivity index (χ0) is 13.1. The molecule has 0 aliphatic rings. The molecule has 0 atom stereocenters. The van der Waals surface area contributed by atoms with Crippen molar-refractivity contribution < 1.29 is 9.60 Å². The molecule has 18 heavy (non-hydrogen) atoms. The summed E-state index contributed by atoms with van der Waals surface area (Å²) in [6.07, 6.45) is 1.49. The normalized spacial score (nSPS) is 11.6. The van der Waals surface area contributed by atoms with Crippen molar-refractivity contribution in [2.75, 3.05) is 0 Å². The second-order valence-electron chi connectivity index (χ2n) is 3.90. The molecule has 1 aromatic carbocycles. The zero-order valence-electron chi connectivity index (χ0n) is 9.76. The predicted molar refractivity (Wildman–Crippen MR) is 66.9 cm³/mol. The molecule has 0 fully saturated rings. The van der Waals surface area contributed by atoms with Crippen LogP contribution in [-0.4, -0.2) is 16.0 Å². The molecule has 0 saturated carbocycles. The highest BCUT2D eigenvalue weighted by Crippen LogP contribution is 2.24. The number of benzene rings is 1. The Hall–Kier alpha value is -2.43. The number of oxime groups is 1. The molecule has 4 nitrogen and oxygen atoms in total. The van der Waals surface area contributed by atoms with Crippen LogP contribution in [0.25, 0.3) is 11.1 Å². The summed E-state index contributed by atoms with van der Waals surface area (Å²) >= 11 is 0. The first kappa shape index (κ1) is 12.0. The van der Waals surface area contributed by atoms with Crippen LogP contribution in [0.3, 0.4) is 0 Å². The van der Waals surface area contributed by atoms with Crippen LogP contribution >= 0.6 is 0 Å². The maximum Gasteiger partial charge on any atom is 0.188 e. The number of aromatic nitrogens is 1. The first-order valence-electron chi connectivity index (χ1n) is 5.32. The fourth-order valence-electron chi connectivity index (χ4n) is 1.65. The van der Waals surface area contributed by atoms with Crippen LogP contribution in [-0.2, 0) is 0 Å². The number of nitrogens with two attached hydrogens (primary N) is 1. The van der Waals surface area contributed by atoms with Gasteiger partial charge in [-0.05, 0) is 36.8 Å². The molecule has 0 radical (unpaired) electrons. The van der Waals surface area contributed by atoms with E-state index < -0.39 is 0 Å². The van der Waals surface area contributed by atoms with Crippen molar-refractivity contribution >= 4 is 5.84 Å². The number of hydrogen-bond donors (Lipinski definition) is 2. The summed E-state index contributed by atoms with van der Waals surface area (Å²) in [4.78, 5) is 3.95. The van der Waals surface area contributed by atoms with E-state index in [0.29, 0.717) is 16.8 Å². The lowest BCUT2D eigenvalue weighted by Crippen LogP contribution is -2.14. The van der Waals surface area contributed by atoms with Crippen molar-refractivity contribution in [3.8, 4) is 11.1 Å². The number of amidine groups is 1. The van der Waals surface area contributed by atoms with E-state index in [9.17, 15) is 4.39 Å². The number of nitrogens with zero attached hydrogens (tertiary/aromatic N) is 2. The molecule has 5 heteroatoms. The van der Waals surface area contributed by atoms with Crippen LogP contribution in [0.4, 0.5) is 4.39 Å². The monoisotopic (exact) mass is 245 g/mol. The van der Waals surface area contributed by atoms with E-state index in [0.717, 1.165) is 5.56 Å². The molecule has 0 amide bonds. The molecule has 0 spiro atoms. The number of aryl methyl sites for hydroxylation is 1. The van der Waals surface area contributed by atoms with Crippen LogP contribution in [0.15, 0.2) is 41.7 Å². The minimum absolute atomic E-state index is 0.107. The maximum atomic E-state index is 13.7.